The zero-order chi connectivity index (χ0) is 15.9. The number of nitrogens with two attached hydrogens (primary N) is 2. The monoisotopic (exact) mass is 336 g/mol. The van der Waals surface area contributed by atoms with E-state index in [2.05, 4.69) is 13.8 Å². The van der Waals surface area contributed by atoms with Gasteiger partial charge < -0.3 is 20.9 Å². The zero-order valence-electron chi connectivity index (χ0n) is 13.7. The lowest BCUT2D eigenvalue weighted by Crippen LogP contribution is -2.01. The van der Waals surface area contributed by atoms with E-state index in [1.807, 2.05) is 36.4 Å². The molecule has 0 amide bonds. The van der Waals surface area contributed by atoms with Crippen molar-refractivity contribution in [1.82, 2.24) is 0 Å². The minimum atomic E-state index is 0. The summed E-state index contributed by atoms with van der Waals surface area (Å²) in [6, 6.07) is 11.4. The van der Waals surface area contributed by atoms with Crippen molar-refractivity contribution in [2.75, 3.05) is 24.7 Å². The third kappa shape index (κ3) is 4.96. The number of anilines is 2. The molecule has 0 saturated carbocycles. The summed E-state index contributed by atoms with van der Waals surface area (Å²) in [6.07, 6.45) is 1.88. The Kier molecular flexibility index (Phi) is 7.55. The molecule has 0 radical (unpaired) electrons. The molecule has 0 bridgehead atoms. The van der Waals surface area contributed by atoms with E-state index in [1.165, 1.54) is 0 Å². The average molecular weight is 337 g/mol. The van der Waals surface area contributed by atoms with E-state index >= 15 is 0 Å². The van der Waals surface area contributed by atoms with Gasteiger partial charge in [-0.3, -0.25) is 0 Å². The van der Waals surface area contributed by atoms with Crippen LogP contribution in [0.25, 0.3) is 11.1 Å². The lowest BCUT2D eigenvalue weighted by molar-refractivity contribution is 0.314. The molecule has 126 valence electrons. The molecular formula is C18H25ClN2O2. The third-order valence-electron chi connectivity index (χ3n) is 3.22. The number of halogens is 1. The molecule has 4 nitrogen and oxygen atoms in total. The van der Waals surface area contributed by atoms with E-state index < -0.39 is 0 Å². The van der Waals surface area contributed by atoms with Crippen LogP contribution in [-0.4, -0.2) is 13.2 Å². The average Bonchev–Trinajstić information content (AvgIpc) is 2.51. The van der Waals surface area contributed by atoms with Crippen molar-refractivity contribution in [2.24, 2.45) is 0 Å². The van der Waals surface area contributed by atoms with Crippen LogP contribution in [0.15, 0.2) is 36.4 Å². The first-order chi connectivity index (χ1) is 10.7. The molecule has 0 aliphatic rings. The highest BCUT2D eigenvalue weighted by atomic mass is 35.5. The number of hydrogen-bond donors (Lipinski definition) is 2. The van der Waals surface area contributed by atoms with Crippen LogP contribution in [0.5, 0.6) is 11.5 Å². The first-order valence-corrected chi connectivity index (χ1v) is 7.70. The Hall–Kier alpha value is -2.07. The van der Waals surface area contributed by atoms with E-state index in [0.717, 1.165) is 35.5 Å². The first kappa shape index (κ1) is 19.0. The Morgan fingerprint density at radius 1 is 0.739 bits per heavy atom. The Morgan fingerprint density at radius 3 is 1.48 bits per heavy atom. The van der Waals surface area contributed by atoms with Gasteiger partial charge >= 0.3 is 0 Å². The SMILES string of the molecule is CCCOc1cc(N)ccc1-c1ccc(N)cc1OCCC.Cl. The van der Waals surface area contributed by atoms with Crippen molar-refractivity contribution in [2.45, 2.75) is 26.7 Å². The van der Waals surface area contributed by atoms with Gasteiger partial charge in [0, 0.05) is 34.6 Å². The van der Waals surface area contributed by atoms with Gasteiger partial charge in [-0.15, -0.1) is 12.4 Å². The molecule has 0 atom stereocenters. The highest BCUT2D eigenvalue weighted by Gasteiger charge is 2.13. The molecule has 0 aromatic heterocycles. The molecule has 23 heavy (non-hydrogen) atoms. The highest BCUT2D eigenvalue weighted by Crippen LogP contribution is 2.38. The standard InChI is InChI=1S/C18H24N2O2.ClH/c1-3-9-21-17-11-13(19)5-7-15(17)16-8-6-14(20)12-18(16)22-10-4-2;/h5-8,11-12H,3-4,9-10,19-20H2,1-2H3;1H. The van der Waals surface area contributed by atoms with Crippen LogP contribution in [0, 0.1) is 0 Å². The second-order valence-electron chi connectivity index (χ2n) is 5.21. The second-order valence-corrected chi connectivity index (χ2v) is 5.21. The van der Waals surface area contributed by atoms with Crippen LogP contribution in [-0.2, 0) is 0 Å². The maximum absolute atomic E-state index is 5.89. The van der Waals surface area contributed by atoms with Gasteiger partial charge in [0.05, 0.1) is 13.2 Å². The number of ether oxygens (including phenoxy) is 2. The maximum atomic E-state index is 5.89. The summed E-state index contributed by atoms with van der Waals surface area (Å²) in [5.41, 5.74) is 15.1. The molecule has 0 heterocycles. The summed E-state index contributed by atoms with van der Waals surface area (Å²) in [6.45, 7) is 5.45. The fourth-order valence-corrected chi connectivity index (χ4v) is 2.19. The molecule has 2 rings (SSSR count). The second kappa shape index (κ2) is 9.16. The molecule has 5 heteroatoms. The lowest BCUT2D eigenvalue weighted by atomic mass is 10.0. The van der Waals surface area contributed by atoms with E-state index in [0.29, 0.717) is 24.6 Å². The number of hydrogen-bond acceptors (Lipinski definition) is 4. The topological polar surface area (TPSA) is 70.5 Å². The van der Waals surface area contributed by atoms with Gasteiger partial charge in [0.1, 0.15) is 11.5 Å². The molecule has 0 saturated heterocycles. The third-order valence-corrected chi connectivity index (χ3v) is 3.22. The van der Waals surface area contributed by atoms with Gasteiger partial charge in [-0.2, -0.15) is 0 Å². The van der Waals surface area contributed by atoms with Crippen LogP contribution < -0.4 is 20.9 Å². The normalized spacial score (nSPS) is 10.0. The quantitative estimate of drug-likeness (QED) is 0.729. The predicted octanol–water partition coefficient (Wildman–Crippen LogP) is 4.52. The molecule has 0 unspecified atom stereocenters. The first-order valence-electron chi connectivity index (χ1n) is 7.70. The molecule has 0 spiro atoms. The van der Waals surface area contributed by atoms with E-state index in [4.69, 9.17) is 20.9 Å². The minimum Gasteiger partial charge on any atom is -0.493 e. The summed E-state index contributed by atoms with van der Waals surface area (Å²) in [4.78, 5) is 0. The van der Waals surface area contributed by atoms with Crippen molar-refractivity contribution in [1.29, 1.82) is 0 Å². The molecule has 2 aromatic carbocycles. The minimum absolute atomic E-state index is 0. The lowest BCUT2D eigenvalue weighted by Gasteiger charge is -2.16. The van der Waals surface area contributed by atoms with Gasteiger partial charge in [-0.1, -0.05) is 13.8 Å². The molecular weight excluding hydrogens is 312 g/mol. The number of nitrogen functional groups attached to an aromatic ring is 2. The zero-order valence-corrected chi connectivity index (χ0v) is 14.5. The van der Waals surface area contributed by atoms with Gasteiger partial charge in [0.25, 0.3) is 0 Å². The van der Waals surface area contributed by atoms with Crippen molar-refractivity contribution in [3.8, 4) is 22.6 Å². The summed E-state index contributed by atoms with van der Waals surface area (Å²) >= 11 is 0. The highest BCUT2D eigenvalue weighted by molar-refractivity contribution is 5.85. The number of rotatable bonds is 7. The fraction of sp³-hybridized carbons (Fsp3) is 0.333. The Bertz CT molecular complexity index is 577. The number of benzene rings is 2. The van der Waals surface area contributed by atoms with Crippen molar-refractivity contribution in [3.63, 3.8) is 0 Å². The summed E-state index contributed by atoms with van der Waals surface area (Å²) < 4.78 is 11.7. The van der Waals surface area contributed by atoms with Crippen LogP contribution in [0.3, 0.4) is 0 Å². The largest absolute Gasteiger partial charge is 0.493 e. The van der Waals surface area contributed by atoms with Crippen LogP contribution in [0.2, 0.25) is 0 Å². The smallest absolute Gasteiger partial charge is 0.129 e. The molecule has 0 aliphatic heterocycles. The predicted molar refractivity (Wildman–Crippen MR) is 99.5 cm³/mol. The van der Waals surface area contributed by atoms with Crippen LogP contribution >= 0.6 is 12.4 Å². The van der Waals surface area contributed by atoms with E-state index in [-0.39, 0.29) is 12.4 Å². The van der Waals surface area contributed by atoms with Gasteiger partial charge in [-0.25, -0.2) is 0 Å². The molecule has 2 aromatic rings. The molecule has 0 fully saturated rings. The van der Waals surface area contributed by atoms with Crippen molar-refractivity contribution < 1.29 is 9.47 Å². The van der Waals surface area contributed by atoms with E-state index in [1.54, 1.807) is 0 Å². The summed E-state index contributed by atoms with van der Waals surface area (Å²) in [5, 5.41) is 0. The Morgan fingerprint density at radius 2 is 1.13 bits per heavy atom. The van der Waals surface area contributed by atoms with Crippen LogP contribution in [0.4, 0.5) is 11.4 Å². The molecule has 0 aliphatic carbocycles. The summed E-state index contributed by atoms with van der Waals surface area (Å²) in [7, 11) is 0. The van der Waals surface area contributed by atoms with Gasteiger partial charge in [-0.05, 0) is 37.1 Å². The van der Waals surface area contributed by atoms with Crippen molar-refractivity contribution in [3.05, 3.63) is 36.4 Å². The molecule has 4 N–H and O–H groups in total. The van der Waals surface area contributed by atoms with Gasteiger partial charge in [0.15, 0.2) is 0 Å². The summed E-state index contributed by atoms with van der Waals surface area (Å²) in [5.74, 6) is 1.54. The Labute approximate surface area is 144 Å². The fourth-order valence-electron chi connectivity index (χ4n) is 2.19. The maximum Gasteiger partial charge on any atom is 0.129 e. The Balaban J connectivity index is 0.00000264. The van der Waals surface area contributed by atoms with Crippen molar-refractivity contribution >= 4 is 23.8 Å². The van der Waals surface area contributed by atoms with Gasteiger partial charge in [0.2, 0.25) is 0 Å². The van der Waals surface area contributed by atoms with Crippen LogP contribution in [0.1, 0.15) is 26.7 Å². The van der Waals surface area contributed by atoms with E-state index in [9.17, 15) is 0 Å².